The molecule has 0 aromatic rings. The molecule has 3 nitrogen and oxygen atoms in total. The minimum absolute atomic E-state index is 0.170. The normalized spacial score (nSPS) is 17.2. The lowest BCUT2D eigenvalue weighted by Gasteiger charge is -2.17. The molecule has 0 unspecified atom stereocenters. The highest BCUT2D eigenvalue weighted by Crippen LogP contribution is 2.31. The Morgan fingerprint density at radius 2 is 1.94 bits per heavy atom. The molecule has 0 saturated carbocycles. The number of rotatable bonds is 5. The van der Waals surface area contributed by atoms with Gasteiger partial charge in [0, 0.05) is 12.0 Å². The van der Waals surface area contributed by atoms with Gasteiger partial charge < -0.3 is 10.9 Å². The largest absolute Gasteiger partial charge is 0.301 e. The molecule has 1 aliphatic heterocycles. The Morgan fingerprint density at radius 3 is 2.41 bits per heavy atom. The van der Waals surface area contributed by atoms with Gasteiger partial charge in [-0.25, -0.2) is 0 Å². The Balaban J connectivity index is 3.31. The Hall–Kier alpha value is -1.62. The molecule has 1 rings (SSSR count). The molecular formula is C12H17F2N3. The van der Waals surface area contributed by atoms with E-state index in [9.17, 15) is 8.78 Å². The van der Waals surface area contributed by atoms with Gasteiger partial charge in [-0.1, -0.05) is 32.2 Å². The van der Waals surface area contributed by atoms with E-state index in [2.05, 4.69) is 29.5 Å². The fraction of sp³-hybridized carbons (Fsp3) is 0.333. The van der Waals surface area contributed by atoms with Gasteiger partial charge in [0.15, 0.2) is 0 Å². The number of nitrogens with one attached hydrogen (secondary N) is 3. The van der Waals surface area contributed by atoms with Crippen molar-refractivity contribution >= 4 is 0 Å². The van der Waals surface area contributed by atoms with Crippen molar-refractivity contribution in [3.05, 3.63) is 47.9 Å². The smallest absolute Gasteiger partial charge is 0.290 e. The monoisotopic (exact) mass is 241 g/mol. The molecule has 1 aliphatic rings. The van der Waals surface area contributed by atoms with Crippen LogP contribution in [-0.4, -0.2) is 5.92 Å². The van der Waals surface area contributed by atoms with Crippen molar-refractivity contribution in [3.8, 4) is 0 Å². The van der Waals surface area contributed by atoms with Crippen LogP contribution in [-0.2, 0) is 0 Å². The topological polar surface area (TPSA) is 36.1 Å². The minimum atomic E-state index is -2.92. The number of hydrogen-bond acceptors (Lipinski definition) is 3. The van der Waals surface area contributed by atoms with Gasteiger partial charge in [0.25, 0.3) is 5.92 Å². The van der Waals surface area contributed by atoms with Gasteiger partial charge in [0.2, 0.25) is 0 Å². The van der Waals surface area contributed by atoms with Crippen LogP contribution in [0.2, 0.25) is 0 Å². The van der Waals surface area contributed by atoms with Gasteiger partial charge in [-0.15, -0.1) is 0 Å². The van der Waals surface area contributed by atoms with Crippen LogP contribution < -0.4 is 16.4 Å². The second-order valence-electron chi connectivity index (χ2n) is 3.69. The standard InChI is InChI=1S/C12H17F2N3/c1-5-8(4)9(6-2)10-11(16-17-15-10)12(13,14)7-3/h5-6,15-17H,1-2,7H2,3-4H3/b9-8+. The summed E-state index contributed by atoms with van der Waals surface area (Å²) in [4.78, 5) is 0. The van der Waals surface area contributed by atoms with E-state index in [-0.39, 0.29) is 12.1 Å². The van der Waals surface area contributed by atoms with Crippen LogP contribution in [0, 0.1) is 0 Å². The number of hydrazine groups is 2. The molecule has 0 bridgehead atoms. The van der Waals surface area contributed by atoms with Crippen molar-refractivity contribution < 1.29 is 8.78 Å². The van der Waals surface area contributed by atoms with E-state index in [1.54, 1.807) is 13.0 Å². The van der Waals surface area contributed by atoms with Gasteiger partial charge in [0.05, 0.1) is 5.70 Å². The van der Waals surface area contributed by atoms with Crippen molar-refractivity contribution in [2.45, 2.75) is 26.2 Å². The summed E-state index contributed by atoms with van der Waals surface area (Å²) >= 11 is 0. The predicted molar refractivity (Wildman–Crippen MR) is 64.8 cm³/mol. The summed E-state index contributed by atoms with van der Waals surface area (Å²) in [6.07, 6.45) is 2.85. The van der Waals surface area contributed by atoms with Gasteiger partial charge in [-0.2, -0.15) is 14.3 Å². The summed E-state index contributed by atoms with van der Waals surface area (Å²) in [7, 11) is 0. The first kappa shape index (κ1) is 13.4. The second-order valence-corrected chi connectivity index (χ2v) is 3.69. The van der Waals surface area contributed by atoms with E-state index < -0.39 is 5.92 Å². The van der Waals surface area contributed by atoms with E-state index in [0.29, 0.717) is 11.3 Å². The number of hydrogen-bond donors (Lipinski definition) is 3. The summed E-state index contributed by atoms with van der Waals surface area (Å²) in [5.41, 5.74) is 9.12. The lowest BCUT2D eigenvalue weighted by atomic mass is 10.0. The first-order valence-corrected chi connectivity index (χ1v) is 5.33. The van der Waals surface area contributed by atoms with E-state index in [0.717, 1.165) is 5.57 Å². The van der Waals surface area contributed by atoms with Gasteiger partial charge in [-0.05, 0) is 12.5 Å². The Kier molecular flexibility index (Phi) is 4.07. The zero-order valence-corrected chi connectivity index (χ0v) is 10.0. The van der Waals surface area contributed by atoms with Crippen LogP contribution in [0.3, 0.4) is 0 Å². The minimum Gasteiger partial charge on any atom is -0.301 e. The maximum absolute atomic E-state index is 13.7. The summed E-state index contributed by atoms with van der Waals surface area (Å²) < 4.78 is 27.4. The molecule has 0 atom stereocenters. The van der Waals surface area contributed by atoms with E-state index in [1.807, 2.05) is 0 Å². The van der Waals surface area contributed by atoms with E-state index >= 15 is 0 Å². The third kappa shape index (κ3) is 2.55. The van der Waals surface area contributed by atoms with Crippen LogP contribution in [0.4, 0.5) is 8.78 Å². The lowest BCUT2D eigenvalue weighted by molar-refractivity contribution is 0.0299. The second kappa shape index (κ2) is 5.14. The van der Waals surface area contributed by atoms with Crippen molar-refractivity contribution in [1.82, 2.24) is 16.4 Å². The highest BCUT2D eigenvalue weighted by atomic mass is 19.3. The van der Waals surface area contributed by atoms with Crippen LogP contribution in [0.25, 0.3) is 0 Å². The van der Waals surface area contributed by atoms with Crippen LogP contribution in [0.5, 0.6) is 0 Å². The fourth-order valence-corrected chi connectivity index (χ4v) is 1.50. The summed E-state index contributed by atoms with van der Waals surface area (Å²) in [5.74, 6) is -2.92. The van der Waals surface area contributed by atoms with Crippen LogP contribution in [0.1, 0.15) is 20.3 Å². The highest BCUT2D eigenvalue weighted by Gasteiger charge is 2.37. The third-order valence-electron chi connectivity index (χ3n) is 2.64. The molecule has 0 radical (unpaired) electrons. The first-order chi connectivity index (χ1) is 7.97. The molecule has 5 heteroatoms. The van der Waals surface area contributed by atoms with Crippen molar-refractivity contribution in [2.75, 3.05) is 0 Å². The molecule has 0 saturated heterocycles. The van der Waals surface area contributed by atoms with E-state index in [4.69, 9.17) is 0 Å². The van der Waals surface area contributed by atoms with Gasteiger partial charge >= 0.3 is 0 Å². The number of allylic oxidation sites excluding steroid dienone is 4. The Bertz CT molecular complexity index is 395. The van der Waals surface area contributed by atoms with E-state index in [1.165, 1.54) is 13.0 Å². The van der Waals surface area contributed by atoms with Crippen LogP contribution >= 0.6 is 0 Å². The molecule has 1 heterocycles. The average Bonchev–Trinajstić information content (AvgIpc) is 2.79. The summed E-state index contributed by atoms with van der Waals surface area (Å²) in [5, 5.41) is 0. The SMILES string of the molecule is C=C/C(C)=C(\C=C)C1=C(C(F)(F)CC)NNN1. The van der Waals surface area contributed by atoms with Crippen molar-refractivity contribution in [3.63, 3.8) is 0 Å². The quantitative estimate of drug-likeness (QED) is 0.647. The maximum Gasteiger partial charge on any atom is 0.290 e. The first-order valence-electron chi connectivity index (χ1n) is 5.33. The van der Waals surface area contributed by atoms with Crippen LogP contribution in [0.15, 0.2) is 47.9 Å². The molecule has 0 aromatic heterocycles. The summed E-state index contributed by atoms with van der Waals surface area (Å²) in [6.45, 7) is 10.5. The lowest BCUT2D eigenvalue weighted by Crippen LogP contribution is -2.36. The third-order valence-corrected chi connectivity index (χ3v) is 2.64. The molecule has 17 heavy (non-hydrogen) atoms. The molecule has 94 valence electrons. The zero-order chi connectivity index (χ0) is 13.1. The van der Waals surface area contributed by atoms with Gasteiger partial charge in [-0.3, -0.25) is 0 Å². The molecular weight excluding hydrogens is 224 g/mol. The highest BCUT2D eigenvalue weighted by molar-refractivity contribution is 5.48. The molecule has 0 spiro atoms. The predicted octanol–water partition coefficient (Wildman–Crippen LogP) is 2.54. The number of alkyl halides is 2. The molecule has 0 aliphatic carbocycles. The molecule has 0 amide bonds. The fourth-order valence-electron chi connectivity index (χ4n) is 1.50. The average molecular weight is 241 g/mol. The van der Waals surface area contributed by atoms with Crippen molar-refractivity contribution in [1.29, 1.82) is 0 Å². The maximum atomic E-state index is 13.7. The molecule has 3 N–H and O–H groups in total. The molecule has 0 aromatic carbocycles. The Labute approximate surface area is 99.9 Å². The van der Waals surface area contributed by atoms with Gasteiger partial charge in [0.1, 0.15) is 5.70 Å². The zero-order valence-electron chi connectivity index (χ0n) is 10.0. The number of halogens is 2. The Morgan fingerprint density at radius 1 is 1.29 bits per heavy atom. The molecule has 0 fully saturated rings. The summed E-state index contributed by atoms with van der Waals surface area (Å²) in [6, 6.07) is 0. The van der Waals surface area contributed by atoms with Crippen molar-refractivity contribution in [2.24, 2.45) is 0 Å².